The number of aliphatic hydroxyl groups is 2. The van der Waals surface area contributed by atoms with Crippen LogP contribution in [0.4, 0.5) is 0 Å². The van der Waals surface area contributed by atoms with Crippen LogP contribution in [-0.4, -0.2) is 144 Å². The Morgan fingerprint density at radius 2 is 1.59 bits per heavy atom. The van der Waals surface area contributed by atoms with E-state index in [0.29, 0.717) is 69.8 Å². The molecule has 16 nitrogen and oxygen atoms in total. The average Bonchev–Trinajstić information content (AvgIpc) is 3.37. The van der Waals surface area contributed by atoms with E-state index < -0.39 is 102 Å². The maximum atomic E-state index is 14.5. The molecular weight excluding hydrogens is 959 g/mol. The summed E-state index contributed by atoms with van der Waals surface area (Å²) < 4.78 is 35.5. The molecule has 1 amide bonds. The highest BCUT2D eigenvalue weighted by atomic mass is 32.2. The number of nitrogens with zero attached hydrogens (tertiary/aromatic N) is 1. The third-order valence-electron chi connectivity index (χ3n) is 15.5. The van der Waals surface area contributed by atoms with Gasteiger partial charge in [-0.25, -0.2) is 4.79 Å². The second-order valence-corrected chi connectivity index (χ2v) is 22.0. The van der Waals surface area contributed by atoms with E-state index in [-0.39, 0.29) is 60.7 Å². The lowest BCUT2D eigenvalue weighted by Gasteiger charge is -2.42. The number of cyclic esters (lactones) is 1. The van der Waals surface area contributed by atoms with Gasteiger partial charge in [-0.1, -0.05) is 82.8 Å². The first-order valence-electron chi connectivity index (χ1n) is 26.3. The number of thioether (sulfide) groups is 1. The summed E-state index contributed by atoms with van der Waals surface area (Å²) in [6, 6.07) is -1.18. The summed E-state index contributed by atoms with van der Waals surface area (Å²) >= 11 is 1.06. The van der Waals surface area contributed by atoms with Crippen LogP contribution in [0, 0.1) is 35.5 Å². The van der Waals surface area contributed by atoms with Crippen molar-refractivity contribution in [2.45, 2.75) is 193 Å². The van der Waals surface area contributed by atoms with E-state index in [4.69, 9.17) is 28.4 Å². The fourth-order valence-corrected chi connectivity index (χ4v) is 11.1. The molecular formula is C56H85NO15S. The van der Waals surface area contributed by atoms with Gasteiger partial charge >= 0.3 is 11.9 Å². The van der Waals surface area contributed by atoms with Crippen molar-refractivity contribution >= 4 is 52.1 Å². The second-order valence-electron chi connectivity index (χ2n) is 21.1. The van der Waals surface area contributed by atoms with E-state index >= 15 is 0 Å². The third-order valence-corrected chi connectivity index (χ3v) is 16.2. The third kappa shape index (κ3) is 17.3. The Bertz CT molecular complexity index is 2030. The van der Waals surface area contributed by atoms with Crippen LogP contribution in [0.2, 0.25) is 0 Å². The zero-order chi connectivity index (χ0) is 54.2. The zero-order valence-corrected chi connectivity index (χ0v) is 46.0. The number of hydrogen-bond donors (Lipinski definition) is 2. The van der Waals surface area contributed by atoms with Crippen LogP contribution in [0.3, 0.4) is 0 Å². The Labute approximate surface area is 437 Å². The quantitative estimate of drug-likeness (QED) is 0.124. The Kier molecular flexibility index (Phi) is 24.9. The smallest absolute Gasteiger partial charge is 0.329 e. The van der Waals surface area contributed by atoms with Crippen LogP contribution >= 0.6 is 11.8 Å². The number of Topliss-reactive ketones (excluding diaryl/α,β-unsaturated/α-hetero) is 3. The summed E-state index contributed by atoms with van der Waals surface area (Å²) in [5.74, 6) is -8.90. The molecule has 3 heterocycles. The molecule has 4 aliphatic rings. The largest absolute Gasteiger partial charge is 0.460 e. The summed E-state index contributed by atoms with van der Waals surface area (Å²) in [6.07, 6.45) is 12.1. The van der Waals surface area contributed by atoms with E-state index in [1.165, 1.54) is 12.0 Å². The van der Waals surface area contributed by atoms with Gasteiger partial charge in [-0.15, -0.1) is 0 Å². The lowest BCUT2D eigenvalue weighted by atomic mass is 9.78. The van der Waals surface area contributed by atoms with Crippen LogP contribution in [0.1, 0.15) is 138 Å². The van der Waals surface area contributed by atoms with Gasteiger partial charge in [0.1, 0.15) is 36.2 Å². The summed E-state index contributed by atoms with van der Waals surface area (Å²) in [6.45, 7) is 12.6. The molecule has 0 aromatic rings. The number of hydrogen-bond acceptors (Lipinski definition) is 16. The van der Waals surface area contributed by atoms with Crippen LogP contribution in [0.25, 0.3) is 0 Å². The Morgan fingerprint density at radius 1 is 0.863 bits per heavy atom. The summed E-state index contributed by atoms with van der Waals surface area (Å²) in [5.41, 5.74) is 1.23. The number of carbonyl (C=O) groups excluding carboxylic acids is 7. The number of ketones is 3. The molecule has 15 atom stereocenters. The van der Waals surface area contributed by atoms with E-state index in [0.717, 1.165) is 17.3 Å². The van der Waals surface area contributed by atoms with E-state index in [9.17, 15) is 43.8 Å². The molecule has 1 saturated carbocycles. The first-order valence-corrected chi connectivity index (χ1v) is 27.6. The van der Waals surface area contributed by atoms with Gasteiger partial charge in [-0.2, -0.15) is 0 Å². The molecule has 410 valence electrons. The summed E-state index contributed by atoms with van der Waals surface area (Å²) in [4.78, 5) is 96.9. The molecule has 0 radical (unpaired) electrons. The summed E-state index contributed by atoms with van der Waals surface area (Å²) in [7, 11) is 4.48. The van der Waals surface area contributed by atoms with E-state index in [1.54, 1.807) is 54.2 Å². The molecule has 17 heteroatoms. The highest BCUT2D eigenvalue weighted by molar-refractivity contribution is 8.13. The normalized spacial score (nSPS) is 36.0. The molecule has 2 bridgehead atoms. The molecule has 73 heavy (non-hydrogen) atoms. The van der Waals surface area contributed by atoms with Crippen molar-refractivity contribution in [1.82, 2.24) is 4.90 Å². The molecule has 0 aromatic carbocycles. The van der Waals surface area contributed by atoms with Gasteiger partial charge in [0, 0.05) is 64.9 Å². The van der Waals surface area contributed by atoms with Crippen LogP contribution in [0.15, 0.2) is 47.6 Å². The van der Waals surface area contributed by atoms with Gasteiger partial charge in [0.15, 0.2) is 10.9 Å². The summed E-state index contributed by atoms with van der Waals surface area (Å²) in [5, 5.41) is 23.4. The number of rotatable bonds is 10. The first-order chi connectivity index (χ1) is 34.6. The zero-order valence-electron chi connectivity index (χ0n) is 45.2. The second kappa shape index (κ2) is 29.5. The maximum absolute atomic E-state index is 14.5. The maximum Gasteiger partial charge on any atom is 0.329 e. The number of allylic oxidation sites excluding steroid dienone is 6. The molecule has 1 aliphatic carbocycles. The molecule has 3 aliphatic heterocycles. The number of carbonyl (C=O) groups is 7. The SMILES string of the molecule is CO[C@H]1C[C@@H]2CC[C@@H](C)[C@@](O)(O2)C(=O)C(=O)N2CCCC[C@H]2C(=O)O[C@H]([C@H](C)C[C@@H]2CC[C@@H](OC(=O)CCC(=O)SC)[C@H](OC)C2)CC(=O)[C@H](C)/C=C(\C)[C@@H](O)[C@@H](OC)C(=O)[C@H](C)C[C@H](C)/C=C/C=CC=C1C. The predicted molar refractivity (Wildman–Crippen MR) is 277 cm³/mol. The molecule has 0 aromatic heterocycles. The fraction of sp³-hybridized carbons (Fsp3) is 0.732. The number of aliphatic hydroxyl groups excluding tert-OH is 1. The van der Waals surface area contributed by atoms with Crippen LogP contribution in [0.5, 0.6) is 0 Å². The first kappa shape index (κ1) is 61.7. The van der Waals surface area contributed by atoms with Crippen molar-refractivity contribution in [1.29, 1.82) is 0 Å². The molecule has 0 unspecified atom stereocenters. The fourth-order valence-electron chi connectivity index (χ4n) is 10.8. The lowest BCUT2D eigenvalue weighted by molar-refractivity contribution is -0.265. The number of ether oxygens (including phenoxy) is 6. The number of esters is 2. The molecule has 4 rings (SSSR count). The predicted octanol–water partition coefficient (Wildman–Crippen LogP) is 7.40. The Hall–Kier alpha value is -3.84. The van der Waals surface area contributed by atoms with Gasteiger partial charge in [-0.05, 0) is 113 Å². The minimum atomic E-state index is -2.46. The number of fused-ring (bicyclic) bond motifs is 3. The standard InChI is InChI=1S/C56H85NO15S/c1-33-17-13-12-14-18-34(2)45(67-8)31-41-22-20-39(7)56(66,72-41)53(63)54(64)57-26-16-15-19-42(57)55(65)71-46(32-43(58)35(3)28-38(6)51(62)52(69-10)50(61)37(5)27-33)36(4)29-40-21-23-44(47(30-40)68-9)70-48(59)24-25-49(60)73-11/h12-14,17-18,28,33,35-37,39-42,44-47,51-52,62,66H,15-16,19-27,29-32H2,1-11H3/b14-12?,17-13+,34-18?,38-28+/t33-,35-,36-,37-,39-,40+,41+,42+,44-,45+,46+,47-,51-,52+,56-/m1/s1. The highest BCUT2D eigenvalue weighted by Crippen LogP contribution is 2.38. The molecule has 2 N–H and O–H groups in total. The lowest BCUT2D eigenvalue weighted by Crippen LogP contribution is -2.61. The van der Waals surface area contributed by atoms with Gasteiger partial charge in [0.25, 0.3) is 11.7 Å². The average molecular weight is 1040 g/mol. The van der Waals surface area contributed by atoms with Crippen molar-refractivity contribution in [2.75, 3.05) is 34.1 Å². The van der Waals surface area contributed by atoms with E-state index in [1.807, 2.05) is 51.2 Å². The minimum absolute atomic E-state index is 0.000572. The van der Waals surface area contributed by atoms with E-state index in [2.05, 4.69) is 0 Å². The Balaban J connectivity index is 1.68. The molecule has 2 saturated heterocycles. The van der Waals surface area contributed by atoms with Gasteiger partial charge < -0.3 is 43.5 Å². The van der Waals surface area contributed by atoms with Crippen LogP contribution in [-0.2, 0) is 62.0 Å². The van der Waals surface area contributed by atoms with Crippen molar-refractivity contribution in [3.8, 4) is 0 Å². The van der Waals surface area contributed by atoms with Crippen molar-refractivity contribution in [3.63, 3.8) is 0 Å². The van der Waals surface area contributed by atoms with Gasteiger partial charge in [0.05, 0.1) is 24.7 Å². The number of amides is 1. The minimum Gasteiger partial charge on any atom is -0.460 e. The highest BCUT2D eigenvalue weighted by Gasteiger charge is 2.53. The van der Waals surface area contributed by atoms with Gasteiger partial charge in [0.2, 0.25) is 5.79 Å². The monoisotopic (exact) mass is 1040 g/mol. The Morgan fingerprint density at radius 3 is 2.26 bits per heavy atom. The molecule has 0 spiro atoms. The number of piperidine rings is 1. The number of methoxy groups -OCH3 is 3. The molecule has 3 fully saturated rings. The van der Waals surface area contributed by atoms with Crippen LogP contribution < -0.4 is 0 Å². The topological polar surface area (TPSA) is 219 Å². The van der Waals surface area contributed by atoms with Gasteiger partial charge in [-0.3, -0.25) is 28.8 Å². The van der Waals surface area contributed by atoms with Crippen molar-refractivity contribution < 1.29 is 72.2 Å². The van der Waals surface area contributed by atoms with Crippen molar-refractivity contribution in [2.24, 2.45) is 35.5 Å². The van der Waals surface area contributed by atoms with Crippen molar-refractivity contribution in [3.05, 3.63) is 47.6 Å².